The first-order chi connectivity index (χ1) is 8.51. The minimum atomic E-state index is -3.32. The molecule has 0 spiro atoms. The molecule has 1 aliphatic rings. The summed E-state index contributed by atoms with van der Waals surface area (Å²) < 4.78 is 30.1. The lowest BCUT2D eigenvalue weighted by molar-refractivity contribution is 0.146. The molecule has 96 valence electrons. The van der Waals surface area contributed by atoms with Gasteiger partial charge in [0.25, 0.3) is 0 Å². The molecular weight excluding hydrogens is 363 g/mol. The van der Waals surface area contributed by atoms with Crippen molar-refractivity contribution in [2.45, 2.75) is 13.0 Å². The third-order valence-electron chi connectivity index (χ3n) is 2.70. The Labute approximate surface area is 121 Å². The maximum Gasteiger partial charge on any atom is 0.201 e. The van der Waals surface area contributed by atoms with Crippen molar-refractivity contribution in [2.24, 2.45) is 0 Å². The largest absolute Gasteiger partial charge is 0.371 e. The molecule has 1 aromatic rings. The van der Waals surface area contributed by atoms with Gasteiger partial charge in [-0.1, -0.05) is 36.9 Å². The summed E-state index contributed by atoms with van der Waals surface area (Å²) >= 11 is 2.05. The van der Waals surface area contributed by atoms with Crippen molar-refractivity contribution in [1.82, 2.24) is 0 Å². The fourth-order valence-electron chi connectivity index (χ4n) is 1.68. The molecule has 1 heterocycles. The summed E-state index contributed by atoms with van der Waals surface area (Å²) in [7, 11) is -3.32. The fraction of sp³-hybridized carbons (Fsp3) is 0.231. The SMILES string of the molecule is C=C1CC(I)=C(COCc2ccccc2)S1(=O)=O. The van der Waals surface area contributed by atoms with Crippen molar-refractivity contribution in [3.63, 3.8) is 0 Å². The van der Waals surface area contributed by atoms with Gasteiger partial charge in [0, 0.05) is 14.9 Å². The van der Waals surface area contributed by atoms with Gasteiger partial charge in [-0.05, 0) is 28.2 Å². The molecular formula is C13H13IO3S. The van der Waals surface area contributed by atoms with Crippen LogP contribution >= 0.6 is 22.6 Å². The van der Waals surface area contributed by atoms with Crippen LogP contribution in [0.3, 0.4) is 0 Å². The predicted molar refractivity (Wildman–Crippen MR) is 79.8 cm³/mol. The lowest BCUT2D eigenvalue weighted by Crippen LogP contribution is -2.07. The number of rotatable bonds is 4. The predicted octanol–water partition coefficient (Wildman–Crippen LogP) is 3.18. The smallest absolute Gasteiger partial charge is 0.201 e. The fourth-order valence-corrected chi connectivity index (χ4v) is 4.71. The van der Waals surface area contributed by atoms with Gasteiger partial charge in [0.05, 0.1) is 18.1 Å². The molecule has 0 saturated carbocycles. The quantitative estimate of drug-likeness (QED) is 0.759. The van der Waals surface area contributed by atoms with Crippen LogP contribution in [0, 0.1) is 0 Å². The second-order valence-corrected chi connectivity index (χ2v) is 7.40. The summed E-state index contributed by atoms with van der Waals surface area (Å²) in [5.41, 5.74) is 1.03. The topological polar surface area (TPSA) is 43.4 Å². The van der Waals surface area contributed by atoms with Crippen molar-refractivity contribution in [1.29, 1.82) is 0 Å². The van der Waals surface area contributed by atoms with E-state index in [0.29, 0.717) is 17.9 Å². The van der Waals surface area contributed by atoms with Crippen LogP contribution in [0.1, 0.15) is 12.0 Å². The molecule has 0 amide bonds. The summed E-state index contributed by atoms with van der Waals surface area (Å²) in [6, 6.07) is 9.68. The highest BCUT2D eigenvalue weighted by atomic mass is 127. The molecule has 0 aliphatic carbocycles. The zero-order valence-electron chi connectivity index (χ0n) is 9.73. The van der Waals surface area contributed by atoms with Crippen molar-refractivity contribution in [2.75, 3.05) is 6.61 Å². The molecule has 0 aromatic heterocycles. The summed E-state index contributed by atoms with van der Waals surface area (Å²) in [6.07, 6.45) is 0.424. The van der Waals surface area contributed by atoms with Crippen molar-refractivity contribution >= 4 is 32.4 Å². The molecule has 0 radical (unpaired) electrons. The third-order valence-corrected chi connectivity index (χ3v) is 6.02. The Morgan fingerprint density at radius 2 is 1.89 bits per heavy atom. The highest BCUT2D eigenvalue weighted by molar-refractivity contribution is 14.1. The standard InChI is InChI=1S/C13H13IO3S/c1-10-7-12(14)13(18(10,15)16)9-17-8-11-5-3-2-4-6-11/h2-6H,1,7-9H2. The van der Waals surface area contributed by atoms with Crippen LogP contribution in [0.2, 0.25) is 0 Å². The first-order valence-corrected chi connectivity index (χ1v) is 8.00. The molecule has 0 bridgehead atoms. The number of allylic oxidation sites excluding steroid dienone is 2. The highest BCUT2D eigenvalue weighted by Crippen LogP contribution is 2.37. The number of hydrogen-bond acceptors (Lipinski definition) is 3. The van der Waals surface area contributed by atoms with Crippen LogP contribution in [-0.2, 0) is 21.2 Å². The molecule has 1 aliphatic heterocycles. The van der Waals surface area contributed by atoms with E-state index in [0.717, 1.165) is 9.14 Å². The molecule has 0 N–H and O–H groups in total. The van der Waals surface area contributed by atoms with Crippen molar-refractivity contribution < 1.29 is 13.2 Å². The molecule has 2 rings (SSSR count). The summed E-state index contributed by atoms with van der Waals surface area (Å²) in [6.45, 7) is 4.12. The zero-order chi connectivity index (χ0) is 13.2. The number of sulfone groups is 1. The maximum atomic E-state index is 11.9. The van der Waals surface area contributed by atoms with Gasteiger partial charge in [0.1, 0.15) is 0 Å². The zero-order valence-corrected chi connectivity index (χ0v) is 12.7. The maximum absolute atomic E-state index is 11.9. The molecule has 0 unspecified atom stereocenters. The van der Waals surface area contributed by atoms with E-state index in [-0.39, 0.29) is 11.5 Å². The Hall–Kier alpha value is -0.660. The Morgan fingerprint density at radius 3 is 2.44 bits per heavy atom. The van der Waals surface area contributed by atoms with E-state index >= 15 is 0 Å². The van der Waals surface area contributed by atoms with Gasteiger partial charge in [0.2, 0.25) is 9.84 Å². The minimum Gasteiger partial charge on any atom is -0.371 e. The monoisotopic (exact) mass is 376 g/mol. The first kappa shape index (κ1) is 13.8. The van der Waals surface area contributed by atoms with Crippen molar-refractivity contribution in [3.8, 4) is 0 Å². The Kier molecular flexibility index (Phi) is 4.24. The summed E-state index contributed by atoms with van der Waals surface area (Å²) in [4.78, 5) is 0.634. The van der Waals surface area contributed by atoms with E-state index < -0.39 is 9.84 Å². The van der Waals surface area contributed by atoms with E-state index in [2.05, 4.69) is 6.58 Å². The van der Waals surface area contributed by atoms with E-state index in [9.17, 15) is 8.42 Å². The van der Waals surface area contributed by atoms with Gasteiger partial charge in [-0.2, -0.15) is 0 Å². The van der Waals surface area contributed by atoms with Gasteiger partial charge >= 0.3 is 0 Å². The second-order valence-electron chi connectivity index (χ2n) is 4.03. The van der Waals surface area contributed by atoms with Gasteiger partial charge in [0.15, 0.2) is 0 Å². The van der Waals surface area contributed by atoms with E-state index in [1.54, 1.807) is 0 Å². The van der Waals surface area contributed by atoms with Crippen LogP contribution < -0.4 is 0 Å². The summed E-state index contributed by atoms with van der Waals surface area (Å²) in [5.74, 6) is 0. The van der Waals surface area contributed by atoms with Crippen LogP contribution in [-0.4, -0.2) is 15.0 Å². The van der Waals surface area contributed by atoms with Gasteiger partial charge in [-0.3, -0.25) is 0 Å². The lowest BCUT2D eigenvalue weighted by Gasteiger charge is -2.06. The normalized spacial score (nSPS) is 18.4. The Bertz CT molecular complexity index is 588. The van der Waals surface area contributed by atoms with Crippen molar-refractivity contribution in [3.05, 3.63) is 55.9 Å². The number of benzene rings is 1. The van der Waals surface area contributed by atoms with Crippen LogP contribution in [0.4, 0.5) is 0 Å². The number of halogens is 1. The average Bonchev–Trinajstić information content (AvgIpc) is 2.53. The molecule has 18 heavy (non-hydrogen) atoms. The van der Waals surface area contributed by atoms with E-state index in [1.165, 1.54) is 0 Å². The Balaban J connectivity index is 1.99. The van der Waals surface area contributed by atoms with Gasteiger partial charge in [-0.25, -0.2) is 8.42 Å². The molecule has 0 fully saturated rings. The van der Waals surface area contributed by atoms with Gasteiger partial charge in [-0.15, -0.1) is 0 Å². The first-order valence-electron chi connectivity index (χ1n) is 5.44. The number of ether oxygens (including phenoxy) is 1. The lowest BCUT2D eigenvalue weighted by atomic mass is 10.2. The minimum absolute atomic E-state index is 0.120. The molecule has 0 saturated heterocycles. The molecule has 1 aromatic carbocycles. The second kappa shape index (κ2) is 5.54. The molecule has 5 heteroatoms. The van der Waals surface area contributed by atoms with Crippen LogP contribution in [0.15, 0.2) is 50.3 Å². The van der Waals surface area contributed by atoms with Crippen LogP contribution in [0.5, 0.6) is 0 Å². The van der Waals surface area contributed by atoms with Crippen LogP contribution in [0.25, 0.3) is 0 Å². The third kappa shape index (κ3) is 2.84. The number of hydrogen-bond donors (Lipinski definition) is 0. The highest BCUT2D eigenvalue weighted by Gasteiger charge is 2.31. The van der Waals surface area contributed by atoms with E-state index in [1.807, 2.05) is 52.9 Å². The molecule has 3 nitrogen and oxygen atoms in total. The summed E-state index contributed by atoms with van der Waals surface area (Å²) in [5, 5.41) is 0. The Morgan fingerprint density at radius 1 is 1.22 bits per heavy atom. The molecule has 0 atom stereocenters. The van der Waals surface area contributed by atoms with Gasteiger partial charge < -0.3 is 4.74 Å². The average molecular weight is 376 g/mol. The van der Waals surface area contributed by atoms with E-state index in [4.69, 9.17) is 4.74 Å².